The summed E-state index contributed by atoms with van der Waals surface area (Å²) in [5, 5.41) is 9.69. The van der Waals surface area contributed by atoms with Gasteiger partial charge in [-0.05, 0) is 50.7 Å². The van der Waals surface area contributed by atoms with Gasteiger partial charge in [-0.3, -0.25) is 0 Å². The Morgan fingerprint density at radius 1 is 0.550 bits per heavy atom. The van der Waals surface area contributed by atoms with Crippen LogP contribution in [0.15, 0.2) is 24.3 Å². The highest BCUT2D eigenvalue weighted by Gasteiger charge is 2.34. The average molecular weight is 559 g/mol. The molecule has 0 aliphatic carbocycles. The van der Waals surface area contributed by atoms with Crippen LogP contribution in [0.1, 0.15) is 196 Å². The Morgan fingerprint density at radius 3 is 1.23 bits per heavy atom. The van der Waals surface area contributed by atoms with Crippen LogP contribution < -0.4 is 0 Å². The fourth-order valence-electron chi connectivity index (χ4n) is 5.84. The van der Waals surface area contributed by atoms with E-state index < -0.39 is 17.5 Å². The minimum absolute atomic E-state index is 0.0316. The third kappa shape index (κ3) is 16.4. The first kappa shape index (κ1) is 36.2. The van der Waals surface area contributed by atoms with Gasteiger partial charge in [0.05, 0.1) is 11.1 Å². The van der Waals surface area contributed by atoms with Crippen molar-refractivity contribution in [3.8, 4) is 0 Å². The normalized spacial score (nSPS) is 11.6. The Labute approximate surface area is 247 Å². The van der Waals surface area contributed by atoms with Crippen molar-refractivity contribution in [2.24, 2.45) is 0 Å². The summed E-state index contributed by atoms with van der Waals surface area (Å²) in [6.45, 7) is 6.75. The lowest BCUT2D eigenvalue weighted by atomic mass is 9.84. The highest BCUT2D eigenvalue weighted by atomic mass is 16.6. The number of carbonyl (C=O) groups excluding carboxylic acids is 1. The molecule has 0 radical (unpaired) electrons. The number of benzene rings is 1. The van der Waals surface area contributed by atoms with Crippen LogP contribution in [0.25, 0.3) is 0 Å². The number of hydrogen-bond acceptors (Lipinski definition) is 3. The standard InChI is InChI=1S/C36H62O4/c1-4-7-10-13-16-19-24-29-36(30-25-20-17-14-11-8-5-2,31-26-21-18-15-12-9-6-3)40-35(39)33-28-23-22-27-32(33)34(37)38/h22-23,27-28H,4-21,24-26,29-31H2,1-3H3,(H,37,38). The smallest absolute Gasteiger partial charge is 0.339 e. The van der Waals surface area contributed by atoms with Gasteiger partial charge >= 0.3 is 11.9 Å². The predicted molar refractivity (Wildman–Crippen MR) is 169 cm³/mol. The molecule has 0 bridgehead atoms. The maximum absolute atomic E-state index is 13.5. The molecule has 0 aliphatic rings. The van der Waals surface area contributed by atoms with Crippen molar-refractivity contribution >= 4 is 11.9 Å². The van der Waals surface area contributed by atoms with Crippen LogP contribution in [0, 0.1) is 0 Å². The van der Waals surface area contributed by atoms with Gasteiger partial charge in [-0.2, -0.15) is 0 Å². The highest BCUT2D eigenvalue weighted by molar-refractivity contribution is 6.02. The fraction of sp³-hybridized carbons (Fsp3) is 0.778. The number of hydrogen-bond donors (Lipinski definition) is 1. The van der Waals surface area contributed by atoms with E-state index in [0.29, 0.717) is 0 Å². The minimum atomic E-state index is -1.08. The summed E-state index contributed by atoms with van der Waals surface area (Å²) in [6.07, 6.45) is 28.5. The molecule has 0 spiro atoms. The van der Waals surface area contributed by atoms with E-state index in [0.717, 1.165) is 38.5 Å². The summed E-state index contributed by atoms with van der Waals surface area (Å²) in [6, 6.07) is 6.51. The van der Waals surface area contributed by atoms with Gasteiger partial charge in [-0.15, -0.1) is 0 Å². The average Bonchev–Trinajstić information content (AvgIpc) is 2.95. The summed E-state index contributed by atoms with van der Waals surface area (Å²) in [7, 11) is 0. The van der Waals surface area contributed by atoms with Gasteiger partial charge < -0.3 is 9.84 Å². The van der Waals surface area contributed by atoms with Crippen molar-refractivity contribution in [2.45, 2.75) is 180 Å². The summed E-state index contributed by atoms with van der Waals surface area (Å²) in [4.78, 5) is 25.4. The molecular weight excluding hydrogens is 496 g/mol. The third-order valence-corrected chi connectivity index (χ3v) is 8.39. The molecule has 0 atom stereocenters. The van der Waals surface area contributed by atoms with E-state index in [-0.39, 0.29) is 11.1 Å². The lowest BCUT2D eigenvalue weighted by Gasteiger charge is -2.34. The Morgan fingerprint density at radius 2 is 0.875 bits per heavy atom. The maximum Gasteiger partial charge on any atom is 0.339 e. The SMILES string of the molecule is CCCCCCCCCC(CCCCCCCCC)(CCCCCCCCC)OC(=O)c1ccccc1C(=O)O. The van der Waals surface area contributed by atoms with E-state index in [1.54, 1.807) is 18.2 Å². The Bertz CT molecular complexity index is 726. The van der Waals surface area contributed by atoms with Crippen molar-refractivity contribution < 1.29 is 19.4 Å². The van der Waals surface area contributed by atoms with Crippen LogP contribution in [0.4, 0.5) is 0 Å². The molecule has 0 fully saturated rings. The lowest BCUT2D eigenvalue weighted by molar-refractivity contribution is -0.0362. The van der Waals surface area contributed by atoms with Gasteiger partial charge in [-0.25, -0.2) is 9.59 Å². The van der Waals surface area contributed by atoms with Gasteiger partial charge in [0.2, 0.25) is 0 Å². The zero-order valence-electron chi connectivity index (χ0n) is 26.5. The summed E-state index contributed by atoms with van der Waals surface area (Å²) in [5.41, 5.74) is -0.291. The quantitative estimate of drug-likeness (QED) is 0.0861. The van der Waals surface area contributed by atoms with Crippen molar-refractivity contribution in [3.63, 3.8) is 0 Å². The molecule has 0 amide bonds. The zero-order chi connectivity index (χ0) is 29.3. The van der Waals surface area contributed by atoms with E-state index in [1.807, 2.05) is 0 Å². The number of carbonyl (C=O) groups is 2. The molecule has 4 heteroatoms. The van der Waals surface area contributed by atoms with Crippen molar-refractivity contribution in [3.05, 3.63) is 35.4 Å². The molecule has 0 aromatic heterocycles. The molecule has 0 saturated heterocycles. The Kier molecular flexibility index (Phi) is 21.6. The molecule has 0 aliphatic heterocycles. The van der Waals surface area contributed by atoms with Crippen LogP contribution in [0.2, 0.25) is 0 Å². The van der Waals surface area contributed by atoms with Crippen LogP contribution >= 0.6 is 0 Å². The minimum Gasteiger partial charge on any atom is -0.478 e. The molecule has 230 valence electrons. The number of aromatic carboxylic acids is 1. The van der Waals surface area contributed by atoms with Crippen molar-refractivity contribution in [2.75, 3.05) is 0 Å². The van der Waals surface area contributed by atoms with Crippen molar-refractivity contribution in [1.82, 2.24) is 0 Å². The Hall–Kier alpha value is -1.84. The first-order valence-corrected chi connectivity index (χ1v) is 17.0. The predicted octanol–water partition coefficient (Wildman–Crippen LogP) is 11.7. The highest BCUT2D eigenvalue weighted by Crippen LogP contribution is 2.34. The monoisotopic (exact) mass is 558 g/mol. The zero-order valence-corrected chi connectivity index (χ0v) is 26.5. The van der Waals surface area contributed by atoms with Gasteiger partial charge in [0.15, 0.2) is 0 Å². The number of rotatable bonds is 27. The molecule has 1 rings (SSSR count). The first-order valence-electron chi connectivity index (χ1n) is 17.0. The lowest BCUT2D eigenvalue weighted by Crippen LogP contribution is -2.36. The second-order valence-corrected chi connectivity index (χ2v) is 12.0. The molecule has 1 aromatic carbocycles. The van der Waals surface area contributed by atoms with E-state index in [9.17, 15) is 14.7 Å². The summed E-state index contributed by atoms with van der Waals surface area (Å²) < 4.78 is 6.45. The number of esters is 1. The molecule has 4 nitrogen and oxygen atoms in total. The second-order valence-electron chi connectivity index (χ2n) is 12.0. The number of carboxylic acids is 1. The topological polar surface area (TPSA) is 63.6 Å². The van der Waals surface area contributed by atoms with E-state index in [2.05, 4.69) is 20.8 Å². The molecule has 40 heavy (non-hydrogen) atoms. The largest absolute Gasteiger partial charge is 0.478 e. The van der Waals surface area contributed by atoms with Crippen LogP contribution in [-0.2, 0) is 4.74 Å². The van der Waals surface area contributed by atoms with E-state index in [4.69, 9.17) is 4.74 Å². The van der Waals surface area contributed by atoms with E-state index >= 15 is 0 Å². The fourth-order valence-corrected chi connectivity index (χ4v) is 5.84. The molecule has 0 heterocycles. The number of ether oxygens (including phenoxy) is 1. The van der Waals surface area contributed by atoms with Crippen LogP contribution in [0.3, 0.4) is 0 Å². The molecule has 0 unspecified atom stereocenters. The molecule has 0 saturated carbocycles. The maximum atomic E-state index is 13.5. The van der Waals surface area contributed by atoms with Gasteiger partial charge in [0.25, 0.3) is 0 Å². The first-order chi connectivity index (χ1) is 19.5. The molecule has 1 N–H and O–H groups in total. The van der Waals surface area contributed by atoms with Crippen LogP contribution in [-0.4, -0.2) is 22.6 Å². The molecular formula is C36H62O4. The van der Waals surface area contributed by atoms with Gasteiger partial charge in [-0.1, -0.05) is 148 Å². The third-order valence-electron chi connectivity index (χ3n) is 8.39. The summed E-state index contributed by atoms with van der Waals surface area (Å²) >= 11 is 0. The number of unbranched alkanes of at least 4 members (excludes halogenated alkanes) is 18. The van der Waals surface area contributed by atoms with Gasteiger partial charge in [0.1, 0.15) is 5.60 Å². The second kappa shape index (κ2) is 23.8. The summed E-state index contributed by atoms with van der Waals surface area (Å²) in [5.74, 6) is -1.55. The van der Waals surface area contributed by atoms with Gasteiger partial charge in [0, 0.05) is 0 Å². The van der Waals surface area contributed by atoms with Crippen LogP contribution in [0.5, 0.6) is 0 Å². The van der Waals surface area contributed by atoms with Crippen molar-refractivity contribution in [1.29, 1.82) is 0 Å². The number of carboxylic acid groups (broad SMARTS) is 1. The Balaban J connectivity index is 2.96. The van der Waals surface area contributed by atoms with E-state index in [1.165, 1.54) is 122 Å². The molecule has 1 aromatic rings.